The maximum atomic E-state index is 13.8. The molecule has 1 spiro atoms. The van der Waals surface area contributed by atoms with Gasteiger partial charge in [0.1, 0.15) is 11.9 Å². The highest BCUT2D eigenvalue weighted by Crippen LogP contribution is 2.64. The Labute approximate surface area is 250 Å². The molecule has 0 N–H and O–H groups in total. The van der Waals surface area contributed by atoms with E-state index in [-0.39, 0.29) is 47.1 Å². The summed E-state index contributed by atoms with van der Waals surface area (Å²) in [6.45, 7) is 7.43. The van der Waals surface area contributed by atoms with E-state index in [4.69, 9.17) is 9.47 Å². The van der Waals surface area contributed by atoms with Gasteiger partial charge in [-0.3, -0.25) is 14.5 Å². The van der Waals surface area contributed by atoms with Gasteiger partial charge in [-0.2, -0.15) is 13.2 Å². The Morgan fingerprint density at radius 3 is 2.56 bits per heavy atom. The number of hydrogen-bond donors (Lipinski definition) is 0. The zero-order valence-electron chi connectivity index (χ0n) is 25.0. The zero-order valence-corrected chi connectivity index (χ0v) is 25.0. The maximum absolute atomic E-state index is 13.8. The van der Waals surface area contributed by atoms with Crippen LogP contribution in [-0.4, -0.2) is 66.4 Å². The second-order valence-corrected chi connectivity index (χ2v) is 12.8. The van der Waals surface area contributed by atoms with Crippen LogP contribution in [-0.2, 0) is 27.6 Å². The summed E-state index contributed by atoms with van der Waals surface area (Å²) in [5.74, 6) is 7.23. The number of alkyl halides is 3. The minimum atomic E-state index is -4.43. The lowest BCUT2D eigenvalue weighted by Gasteiger charge is -2.60. The van der Waals surface area contributed by atoms with Gasteiger partial charge in [-0.05, 0) is 86.9 Å². The number of methoxy groups -OCH3 is 1. The van der Waals surface area contributed by atoms with Crippen LogP contribution in [0.2, 0.25) is 0 Å². The van der Waals surface area contributed by atoms with Crippen molar-refractivity contribution >= 4 is 11.7 Å². The van der Waals surface area contributed by atoms with Gasteiger partial charge in [0.15, 0.2) is 11.5 Å². The summed E-state index contributed by atoms with van der Waals surface area (Å²) in [4.78, 5) is 30.2. The van der Waals surface area contributed by atoms with Gasteiger partial charge < -0.3 is 14.4 Å². The van der Waals surface area contributed by atoms with Crippen molar-refractivity contribution < 1.29 is 32.2 Å². The third-order valence-electron chi connectivity index (χ3n) is 9.78. The Bertz CT molecular complexity index is 1490. The molecule has 1 saturated carbocycles. The molecule has 6 nitrogen and oxygen atoms in total. The number of nitrogens with zero attached hydrogens (tertiary/aromatic N) is 2. The molecule has 0 unspecified atom stereocenters. The van der Waals surface area contributed by atoms with E-state index < -0.39 is 11.7 Å². The predicted molar refractivity (Wildman–Crippen MR) is 155 cm³/mol. The molecule has 2 aliphatic carbocycles. The molecule has 6 rings (SSSR count). The molecule has 2 aromatic carbocycles. The Kier molecular flexibility index (Phi) is 7.48. The SMILES string of the molecule is COc1ccc2c3c1O[C@H]1[C@@H](N(CC(C)C)C(=O)C#Cc4ccc(C(F)(F)F)cc4)CC[C@H]4[C@@H](C2)N(CC(C)=O)CC[C@@]341. The number of benzene rings is 2. The van der Waals surface area contributed by atoms with E-state index in [0.717, 1.165) is 50.1 Å². The van der Waals surface area contributed by atoms with Crippen LogP contribution in [0.3, 0.4) is 0 Å². The van der Waals surface area contributed by atoms with Crippen LogP contribution in [0.25, 0.3) is 0 Å². The second kappa shape index (κ2) is 10.9. The number of Topliss-reactive ketones (excluding diaryl/α,β-unsaturated/α-hetero) is 1. The van der Waals surface area contributed by atoms with E-state index in [2.05, 4.69) is 36.7 Å². The lowest BCUT2D eigenvalue weighted by molar-refractivity contribution is -0.139. The molecule has 2 heterocycles. The normalized spacial score (nSPS) is 27.1. The number of likely N-dealkylation sites (tertiary alicyclic amines) is 1. The first-order valence-electron chi connectivity index (χ1n) is 15.0. The van der Waals surface area contributed by atoms with Crippen LogP contribution in [0, 0.1) is 23.7 Å². The summed E-state index contributed by atoms with van der Waals surface area (Å²) in [6.07, 6.45) is -1.46. The standard InChI is InChI=1S/C34H37F3N2O4/c1-20(2)18-39(29(41)14-7-22-5-9-24(10-6-22)34(35,36)37)26-12-11-25-27-17-23-8-13-28(42-4)31-30(23)33(25,32(26)43-31)15-16-38(27)19-21(3)40/h5-6,8-10,13,20,25-27,32H,11-12,15-19H2,1-4H3/t25-,26-,27+,32-,33-/m0/s1. The Morgan fingerprint density at radius 1 is 1.16 bits per heavy atom. The van der Waals surface area contributed by atoms with Gasteiger partial charge in [0.05, 0.1) is 25.3 Å². The fourth-order valence-corrected chi connectivity index (χ4v) is 8.25. The minimum Gasteiger partial charge on any atom is -0.493 e. The summed E-state index contributed by atoms with van der Waals surface area (Å²) in [5, 5.41) is 0. The molecule has 4 aliphatic rings. The van der Waals surface area contributed by atoms with Crippen molar-refractivity contribution in [2.75, 3.05) is 26.7 Å². The average molecular weight is 595 g/mol. The van der Waals surface area contributed by atoms with Crippen LogP contribution < -0.4 is 9.47 Å². The molecule has 0 aromatic heterocycles. The molecule has 9 heteroatoms. The van der Waals surface area contributed by atoms with Crippen LogP contribution >= 0.6 is 0 Å². The Balaban J connectivity index is 1.36. The maximum Gasteiger partial charge on any atom is 0.416 e. The van der Waals surface area contributed by atoms with Gasteiger partial charge in [-0.1, -0.05) is 25.8 Å². The molecular weight excluding hydrogens is 557 g/mol. The number of carbonyl (C=O) groups excluding carboxylic acids is 2. The van der Waals surface area contributed by atoms with E-state index in [1.165, 1.54) is 23.3 Å². The van der Waals surface area contributed by atoms with Gasteiger partial charge in [-0.15, -0.1) is 0 Å². The Hall–Kier alpha value is -3.51. The van der Waals surface area contributed by atoms with Crippen LogP contribution in [0.1, 0.15) is 62.3 Å². The van der Waals surface area contributed by atoms with Crippen LogP contribution in [0.5, 0.6) is 11.5 Å². The molecular formula is C34H37F3N2O4. The zero-order chi connectivity index (χ0) is 30.7. The number of halogens is 3. The van der Waals surface area contributed by atoms with Gasteiger partial charge in [-0.25, -0.2) is 0 Å². The molecule has 2 bridgehead atoms. The monoisotopic (exact) mass is 594 g/mol. The van der Waals surface area contributed by atoms with Crippen molar-refractivity contribution in [2.24, 2.45) is 11.8 Å². The third-order valence-corrected chi connectivity index (χ3v) is 9.78. The van der Waals surface area contributed by atoms with Crippen molar-refractivity contribution in [3.05, 3.63) is 58.7 Å². The topological polar surface area (TPSA) is 59.1 Å². The summed E-state index contributed by atoms with van der Waals surface area (Å²) in [7, 11) is 1.64. The first kappa shape index (κ1) is 29.6. The largest absolute Gasteiger partial charge is 0.493 e. The van der Waals surface area contributed by atoms with E-state index >= 15 is 0 Å². The minimum absolute atomic E-state index is 0.158. The van der Waals surface area contributed by atoms with E-state index in [9.17, 15) is 22.8 Å². The van der Waals surface area contributed by atoms with Crippen molar-refractivity contribution in [3.8, 4) is 23.3 Å². The van der Waals surface area contributed by atoms with E-state index in [0.29, 0.717) is 24.4 Å². The quantitative estimate of drug-likeness (QED) is 0.428. The van der Waals surface area contributed by atoms with Gasteiger partial charge >= 0.3 is 6.18 Å². The third kappa shape index (κ3) is 4.98. The lowest BCUT2D eigenvalue weighted by atomic mass is 9.51. The number of ether oxygens (including phenoxy) is 2. The highest BCUT2D eigenvalue weighted by atomic mass is 19.4. The molecule has 228 valence electrons. The summed E-state index contributed by atoms with van der Waals surface area (Å²) in [5.41, 5.74) is 1.71. The van der Waals surface area contributed by atoms with Crippen molar-refractivity contribution in [2.45, 2.75) is 76.2 Å². The molecule has 5 atom stereocenters. The first-order valence-corrected chi connectivity index (χ1v) is 15.0. The van der Waals surface area contributed by atoms with Crippen LogP contribution in [0.15, 0.2) is 36.4 Å². The number of amides is 1. The van der Waals surface area contributed by atoms with E-state index in [1.54, 1.807) is 14.0 Å². The Morgan fingerprint density at radius 2 is 1.91 bits per heavy atom. The average Bonchev–Trinajstić information content (AvgIpc) is 3.30. The highest BCUT2D eigenvalue weighted by Gasteiger charge is 2.66. The summed E-state index contributed by atoms with van der Waals surface area (Å²) < 4.78 is 51.7. The molecule has 1 saturated heterocycles. The fraction of sp³-hybridized carbons (Fsp3) is 0.529. The smallest absolute Gasteiger partial charge is 0.416 e. The molecule has 2 fully saturated rings. The van der Waals surface area contributed by atoms with Crippen molar-refractivity contribution in [3.63, 3.8) is 0 Å². The molecule has 2 aliphatic heterocycles. The lowest BCUT2D eigenvalue weighted by Crippen LogP contribution is -2.69. The van der Waals surface area contributed by atoms with E-state index in [1.807, 2.05) is 11.0 Å². The molecule has 0 radical (unpaired) electrons. The van der Waals surface area contributed by atoms with Gasteiger partial charge in [0, 0.05) is 35.0 Å². The summed E-state index contributed by atoms with van der Waals surface area (Å²) in [6, 6.07) is 8.60. The number of carbonyl (C=O) groups is 2. The first-order chi connectivity index (χ1) is 20.4. The van der Waals surface area contributed by atoms with Gasteiger partial charge in [0.2, 0.25) is 0 Å². The molecule has 43 heavy (non-hydrogen) atoms. The highest BCUT2D eigenvalue weighted by molar-refractivity contribution is 5.94. The summed E-state index contributed by atoms with van der Waals surface area (Å²) >= 11 is 0. The fourth-order valence-electron chi connectivity index (χ4n) is 8.25. The number of piperidine rings is 1. The number of hydrogen-bond acceptors (Lipinski definition) is 5. The van der Waals surface area contributed by atoms with Crippen molar-refractivity contribution in [1.82, 2.24) is 9.80 Å². The van der Waals surface area contributed by atoms with Gasteiger partial charge in [0.25, 0.3) is 5.91 Å². The second-order valence-electron chi connectivity index (χ2n) is 12.8. The predicted octanol–water partition coefficient (Wildman–Crippen LogP) is 5.25. The molecule has 1 amide bonds. The molecule has 2 aromatic rings. The number of ketones is 1. The van der Waals surface area contributed by atoms with Crippen molar-refractivity contribution in [1.29, 1.82) is 0 Å². The number of rotatable bonds is 6. The van der Waals surface area contributed by atoms with Crippen LogP contribution in [0.4, 0.5) is 13.2 Å².